The molecule has 5 rings (SSSR count). The number of aromatic nitrogens is 2. The number of pyridine rings is 2. The number of methoxy groups -OCH3 is 1. The second kappa shape index (κ2) is 7.54. The Bertz CT molecular complexity index is 1320. The maximum atomic E-state index is 13.2. The average Bonchev–Trinajstić information content (AvgIpc) is 3.14. The van der Waals surface area contributed by atoms with Crippen LogP contribution in [0.2, 0.25) is 0 Å². The van der Waals surface area contributed by atoms with Gasteiger partial charge < -0.3 is 18.8 Å². The average molecular weight is 486 g/mol. The monoisotopic (exact) mass is 485 g/mol. The molecular weight excluding hydrogens is 470 g/mol. The highest BCUT2D eigenvalue weighted by Crippen LogP contribution is 2.39. The molecule has 3 aromatic rings. The third-order valence-corrected chi connectivity index (χ3v) is 6.19. The molecular formula is C21H16BrN3O6. The first kappa shape index (κ1) is 19.8. The quantitative estimate of drug-likeness (QED) is 0.185. The first-order valence-electron chi connectivity index (χ1n) is 9.46. The minimum Gasteiger partial charge on any atom is -0.467 e. The van der Waals surface area contributed by atoms with E-state index in [0.29, 0.717) is 34.5 Å². The van der Waals surface area contributed by atoms with Crippen LogP contribution in [0.15, 0.2) is 34.2 Å². The van der Waals surface area contributed by atoms with Crippen molar-refractivity contribution < 1.29 is 19.0 Å². The normalized spacial score (nSPS) is 16.5. The number of cyclic esters (lactones) is 1. The van der Waals surface area contributed by atoms with Crippen molar-refractivity contribution in [2.24, 2.45) is 5.18 Å². The molecule has 0 fully saturated rings. The van der Waals surface area contributed by atoms with Crippen LogP contribution in [-0.2, 0) is 32.7 Å². The van der Waals surface area contributed by atoms with Gasteiger partial charge in [-0.15, -0.1) is 4.91 Å². The third-order valence-electron chi connectivity index (χ3n) is 5.63. The number of esters is 1. The van der Waals surface area contributed by atoms with E-state index in [-0.39, 0.29) is 30.1 Å². The Morgan fingerprint density at radius 1 is 1.29 bits per heavy atom. The minimum absolute atomic E-state index is 0.113. The molecule has 4 heterocycles. The lowest BCUT2D eigenvalue weighted by Crippen LogP contribution is -2.32. The van der Waals surface area contributed by atoms with Crippen molar-refractivity contribution in [3.05, 3.63) is 61.8 Å². The molecule has 1 atom stereocenters. The fourth-order valence-electron chi connectivity index (χ4n) is 4.16. The highest BCUT2D eigenvalue weighted by Gasteiger charge is 2.36. The van der Waals surface area contributed by atoms with Crippen LogP contribution in [0, 0.1) is 4.91 Å². The number of nitrogens with zero attached hydrogens (tertiary/aromatic N) is 3. The maximum Gasteiger partial charge on any atom is 0.339 e. The molecule has 0 bridgehead atoms. The summed E-state index contributed by atoms with van der Waals surface area (Å²) < 4.78 is 17.1. The Labute approximate surface area is 184 Å². The number of alkyl halides is 1. The van der Waals surface area contributed by atoms with E-state index >= 15 is 0 Å². The summed E-state index contributed by atoms with van der Waals surface area (Å²) in [6, 6.07) is 5.90. The van der Waals surface area contributed by atoms with Gasteiger partial charge in [-0.3, -0.25) is 4.79 Å². The van der Waals surface area contributed by atoms with E-state index in [9.17, 15) is 14.5 Å². The van der Waals surface area contributed by atoms with Crippen LogP contribution in [0.4, 0.5) is 0 Å². The van der Waals surface area contributed by atoms with Gasteiger partial charge in [0.1, 0.15) is 12.4 Å². The molecule has 2 aromatic heterocycles. The van der Waals surface area contributed by atoms with Crippen molar-refractivity contribution >= 4 is 32.8 Å². The van der Waals surface area contributed by atoms with Crippen molar-refractivity contribution in [2.45, 2.75) is 24.5 Å². The van der Waals surface area contributed by atoms with Crippen LogP contribution in [0.1, 0.15) is 28.3 Å². The highest BCUT2D eigenvalue weighted by atomic mass is 79.9. The fourth-order valence-corrected chi connectivity index (χ4v) is 4.80. The SMILES string of the molecule is COCOc1ccc2c(CBr)c3c(nc2c1)-c1cc2c(c(=O)n1C3)COC(=O)C2N=O. The molecule has 0 aliphatic carbocycles. The molecule has 9 nitrogen and oxygen atoms in total. The minimum atomic E-state index is -1.35. The van der Waals surface area contributed by atoms with Crippen molar-refractivity contribution in [1.29, 1.82) is 0 Å². The molecule has 158 valence electrons. The number of carbonyl (C=O) groups excluding carboxylic acids is 1. The van der Waals surface area contributed by atoms with Gasteiger partial charge in [-0.1, -0.05) is 15.9 Å². The molecule has 2 aliphatic heterocycles. The topological polar surface area (TPSA) is 109 Å². The lowest BCUT2D eigenvalue weighted by molar-refractivity contribution is -0.148. The number of hydrogen-bond acceptors (Lipinski definition) is 8. The van der Waals surface area contributed by atoms with Gasteiger partial charge in [-0.25, -0.2) is 9.78 Å². The molecule has 0 amide bonds. The van der Waals surface area contributed by atoms with E-state index < -0.39 is 12.0 Å². The van der Waals surface area contributed by atoms with E-state index in [1.807, 2.05) is 18.2 Å². The van der Waals surface area contributed by atoms with Crippen molar-refractivity contribution in [3.8, 4) is 17.1 Å². The van der Waals surface area contributed by atoms with Crippen LogP contribution in [0.25, 0.3) is 22.3 Å². The summed E-state index contributed by atoms with van der Waals surface area (Å²) in [4.78, 5) is 41.2. The fraction of sp³-hybridized carbons (Fsp3) is 0.286. The Hall–Kier alpha value is -3.11. The summed E-state index contributed by atoms with van der Waals surface area (Å²) in [5.74, 6) is -0.145. The molecule has 31 heavy (non-hydrogen) atoms. The zero-order valence-corrected chi connectivity index (χ0v) is 18.0. The summed E-state index contributed by atoms with van der Waals surface area (Å²) in [5.41, 5.74) is 4.07. The van der Waals surface area contributed by atoms with E-state index in [0.717, 1.165) is 16.5 Å². The van der Waals surface area contributed by atoms with Gasteiger partial charge in [0.15, 0.2) is 6.79 Å². The van der Waals surface area contributed by atoms with Gasteiger partial charge in [0.05, 0.1) is 29.0 Å². The number of rotatable bonds is 5. The number of benzene rings is 1. The van der Waals surface area contributed by atoms with Gasteiger partial charge in [0.2, 0.25) is 6.04 Å². The number of hydrogen-bond donors (Lipinski definition) is 0. The van der Waals surface area contributed by atoms with Gasteiger partial charge in [-0.2, -0.15) is 0 Å². The van der Waals surface area contributed by atoms with Crippen LogP contribution in [0.5, 0.6) is 5.75 Å². The van der Waals surface area contributed by atoms with E-state index in [4.69, 9.17) is 19.2 Å². The molecule has 2 aliphatic rings. The number of halogens is 1. The Kier molecular flexibility index (Phi) is 4.82. The Morgan fingerprint density at radius 2 is 2.13 bits per heavy atom. The number of fused-ring (bicyclic) bond motifs is 5. The smallest absolute Gasteiger partial charge is 0.339 e. The van der Waals surface area contributed by atoms with E-state index in [1.54, 1.807) is 17.7 Å². The van der Waals surface area contributed by atoms with Gasteiger partial charge >= 0.3 is 5.97 Å². The number of nitroso groups, excluding NO2 is 1. The molecule has 0 radical (unpaired) electrons. The second-order valence-electron chi connectivity index (χ2n) is 7.25. The lowest BCUT2D eigenvalue weighted by atomic mass is 9.98. The molecule has 0 N–H and O–H groups in total. The Balaban J connectivity index is 1.74. The predicted octanol–water partition coefficient (Wildman–Crippen LogP) is 3.17. The largest absolute Gasteiger partial charge is 0.467 e. The molecule has 10 heteroatoms. The zero-order valence-electron chi connectivity index (χ0n) is 16.4. The summed E-state index contributed by atoms with van der Waals surface area (Å²) in [7, 11) is 1.54. The van der Waals surface area contributed by atoms with E-state index in [1.165, 1.54) is 0 Å². The molecule has 0 saturated heterocycles. The summed E-state index contributed by atoms with van der Waals surface area (Å²) in [5, 5.41) is 4.39. The van der Waals surface area contributed by atoms with Crippen molar-refractivity contribution in [1.82, 2.24) is 9.55 Å². The predicted molar refractivity (Wildman–Crippen MR) is 114 cm³/mol. The van der Waals surface area contributed by atoms with Crippen molar-refractivity contribution in [2.75, 3.05) is 13.9 Å². The van der Waals surface area contributed by atoms with Gasteiger partial charge in [-0.05, 0) is 28.9 Å². The van der Waals surface area contributed by atoms with Crippen LogP contribution >= 0.6 is 15.9 Å². The van der Waals surface area contributed by atoms with Crippen LogP contribution in [0.3, 0.4) is 0 Å². The molecule has 1 unspecified atom stereocenters. The van der Waals surface area contributed by atoms with Crippen LogP contribution in [-0.4, -0.2) is 29.4 Å². The Morgan fingerprint density at radius 3 is 2.87 bits per heavy atom. The second-order valence-corrected chi connectivity index (χ2v) is 7.81. The maximum absolute atomic E-state index is 13.2. The summed E-state index contributed by atoms with van der Waals surface area (Å²) >= 11 is 3.56. The summed E-state index contributed by atoms with van der Waals surface area (Å²) in [6.07, 6.45) is 0. The van der Waals surface area contributed by atoms with Gasteiger partial charge in [0, 0.05) is 35.0 Å². The highest BCUT2D eigenvalue weighted by molar-refractivity contribution is 9.08. The molecule has 1 aromatic carbocycles. The van der Waals surface area contributed by atoms with E-state index in [2.05, 4.69) is 21.1 Å². The van der Waals surface area contributed by atoms with Crippen LogP contribution < -0.4 is 10.3 Å². The third kappa shape index (κ3) is 2.97. The van der Waals surface area contributed by atoms with Gasteiger partial charge in [0.25, 0.3) is 5.56 Å². The molecule has 0 saturated carbocycles. The number of carbonyl (C=O) groups is 1. The lowest BCUT2D eigenvalue weighted by Gasteiger charge is -2.20. The first-order valence-corrected chi connectivity index (χ1v) is 10.6. The molecule has 0 spiro atoms. The van der Waals surface area contributed by atoms with Crippen molar-refractivity contribution in [3.63, 3.8) is 0 Å². The zero-order chi connectivity index (χ0) is 21.7. The summed E-state index contributed by atoms with van der Waals surface area (Å²) in [6.45, 7) is 0.286. The first-order chi connectivity index (χ1) is 15.1. The standard InChI is InChI=1S/C21H16BrN3O6/c1-29-9-31-10-2-3-11-13(6-22)14-7-25-17(18(14)23-16(11)4-10)5-12-15(20(25)26)8-30-21(27)19(12)24-28/h2-5,19H,6-9H2,1H3. The number of ether oxygens (including phenoxy) is 3.